The van der Waals surface area contributed by atoms with Crippen LogP contribution < -0.4 is 5.73 Å². The van der Waals surface area contributed by atoms with E-state index in [4.69, 9.17) is 10.5 Å². The Bertz CT molecular complexity index is 487. The fraction of sp³-hybridized carbons (Fsp3) is 0.462. The maximum atomic E-state index is 12.3. The molecule has 0 aliphatic carbocycles. The van der Waals surface area contributed by atoms with Gasteiger partial charge >= 0.3 is 0 Å². The molecule has 1 aliphatic heterocycles. The van der Waals surface area contributed by atoms with Crippen LogP contribution in [0.15, 0.2) is 12.1 Å². The molecule has 2 rings (SSSR count). The van der Waals surface area contributed by atoms with Gasteiger partial charge in [0.1, 0.15) is 0 Å². The second-order valence-electron chi connectivity index (χ2n) is 4.09. The normalized spacial score (nSPS) is 19.2. The predicted molar refractivity (Wildman–Crippen MR) is 71.6 cm³/mol. The van der Waals surface area contributed by atoms with Gasteiger partial charge in [0.25, 0.3) is 5.91 Å². The smallest absolute Gasteiger partial charge is 0.264 e. The number of ether oxygens (including phenoxy) is 1. The highest BCUT2D eigenvalue weighted by molar-refractivity contribution is 7.14. The highest BCUT2D eigenvalue weighted by atomic mass is 32.1. The largest absolute Gasteiger partial charge is 0.377 e. The van der Waals surface area contributed by atoms with E-state index in [2.05, 4.69) is 11.8 Å². The summed E-state index contributed by atoms with van der Waals surface area (Å²) in [7, 11) is 0. The number of carbonyl (C=O) groups excluding carboxylic acids is 1. The minimum absolute atomic E-state index is 0.0663. The van der Waals surface area contributed by atoms with E-state index < -0.39 is 0 Å². The van der Waals surface area contributed by atoms with Crippen molar-refractivity contribution in [3.63, 3.8) is 0 Å². The lowest BCUT2D eigenvalue weighted by Crippen LogP contribution is -2.46. The third kappa shape index (κ3) is 2.91. The number of hydrogen-bond acceptors (Lipinski definition) is 4. The fourth-order valence-corrected chi connectivity index (χ4v) is 2.67. The number of nitrogens with two attached hydrogens (primary N) is 1. The van der Waals surface area contributed by atoms with Crippen molar-refractivity contribution in [3.8, 4) is 11.8 Å². The van der Waals surface area contributed by atoms with Crippen molar-refractivity contribution in [2.75, 3.05) is 26.3 Å². The third-order valence-corrected chi connectivity index (χ3v) is 3.75. The van der Waals surface area contributed by atoms with Gasteiger partial charge in [-0.2, -0.15) is 0 Å². The van der Waals surface area contributed by atoms with Crippen molar-refractivity contribution in [2.24, 2.45) is 5.73 Å². The molecule has 96 valence electrons. The average molecular weight is 264 g/mol. The van der Waals surface area contributed by atoms with Crippen molar-refractivity contribution in [2.45, 2.75) is 13.0 Å². The SMILES string of the molecule is CC1COCCN1C(=O)c1ccc(C#CCN)s1. The summed E-state index contributed by atoms with van der Waals surface area (Å²) in [6.07, 6.45) is 0. The summed E-state index contributed by atoms with van der Waals surface area (Å²) in [6.45, 7) is 4.21. The molecule has 1 aliphatic rings. The standard InChI is InChI=1S/C13H16N2O2S/c1-10-9-17-8-7-15(10)13(16)12-5-4-11(18-12)3-2-6-14/h4-5,10H,6-9,14H2,1H3. The predicted octanol–water partition coefficient (Wildman–Crippen LogP) is 0.919. The first-order valence-electron chi connectivity index (χ1n) is 5.90. The monoisotopic (exact) mass is 264 g/mol. The minimum Gasteiger partial charge on any atom is -0.377 e. The Morgan fingerprint density at radius 1 is 1.67 bits per heavy atom. The number of morpholine rings is 1. The first kappa shape index (κ1) is 13.1. The maximum absolute atomic E-state index is 12.3. The number of thiophene rings is 1. The summed E-state index contributed by atoms with van der Waals surface area (Å²) >= 11 is 1.42. The van der Waals surface area contributed by atoms with E-state index in [-0.39, 0.29) is 11.9 Å². The Morgan fingerprint density at radius 3 is 3.22 bits per heavy atom. The molecular formula is C13H16N2O2S. The number of hydrogen-bond donors (Lipinski definition) is 1. The lowest BCUT2D eigenvalue weighted by Gasteiger charge is -2.32. The van der Waals surface area contributed by atoms with Crippen LogP contribution in [0, 0.1) is 11.8 Å². The van der Waals surface area contributed by atoms with Gasteiger partial charge in [-0.1, -0.05) is 11.8 Å². The Hall–Kier alpha value is -1.35. The highest BCUT2D eigenvalue weighted by Gasteiger charge is 2.25. The molecular weight excluding hydrogens is 248 g/mol. The van der Waals surface area contributed by atoms with Crippen molar-refractivity contribution >= 4 is 17.2 Å². The van der Waals surface area contributed by atoms with E-state index in [1.807, 2.05) is 24.0 Å². The van der Waals surface area contributed by atoms with Gasteiger partial charge in [0.05, 0.1) is 35.6 Å². The van der Waals surface area contributed by atoms with Crippen LogP contribution in [-0.2, 0) is 4.74 Å². The van der Waals surface area contributed by atoms with Gasteiger partial charge in [-0.15, -0.1) is 11.3 Å². The second kappa shape index (κ2) is 6.01. The first-order valence-corrected chi connectivity index (χ1v) is 6.71. The van der Waals surface area contributed by atoms with E-state index in [9.17, 15) is 4.79 Å². The Labute approximate surface area is 111 Å². The average Bonchev–Trinajstić information content (AvgIpc) is 2.85. The van der Waals surface area contributed by atoms with Crippen molar-refractivity contribution in [1.29, 1.82) is 0 Å². The van der Waals surface area contributed by atoms with E-state index in [1.54, 1.807) is 0 Å². The highest BCUT2D eigenvalue weighted by Crippen LogP contribution is 2.19. The van der Waals surface area contributed by atoms with Crippen LogP contribution in [0.2, 0.25) is 0 Å². The van der Waals surface area contributed by atoms with Crippen molar-refractivity contribution < 1.29 is 9.53 Å². The summed E-state index contributed by atoms with van der Waals surface area (Å²) in [6, 6.07) is 3.83. The molecule has 1 aromatic heterocycles. The van der Waals surface area contributed by atoms with Gasteiger partial charge in [-0.3, -0.25) is 4.79 Å². The first-order chi connectivity index (χ1) is 8.72. The van der Waals surface area contributed by atoms with Crippen LogP contribution in [0.1, 0.15) is 21.5 Å². The van der Waals surface area contributed by atoms with Gasteiger partial charge in [0.2, 0.25) is 0 Å². The molecule has 1 saturated heterocycles. The fourth-order valence-electron chi connectivity index (χ4n) is 1.83. The van der Waals surface area contributed by atoms with Gasteiger partial charge in [-0.25, -0.2) is 0 Å². The molecule has 0 saturated carbocycles. The molecule has 0 aromatic carbocycles. The van der Waals surface area contributed by atoms with Gasteiger partial charge in [-0.05, 0) is 19.1 Å². The zero-order chi connectivity index (χ0) is 13.0. The lowest BCUT2D eigenvalue weighted by molar-refractivity contribution is 0.00387. The van der Waals surface area contributed by atoms with Gasteiger partial charge in [0.15, 0.2) is 0 Å². The summed E-state index contributed by atoms with van der Waals surface area (Å²) in [5.41, 5.74) is 5.32. The summed E-state index contributed by atoms with van der Waals surface area (Å²) in [4.78, 5) is 15.8. The third-order valence-electron chi connectivity index (χ3n) is 2.76. The van der Waals surface area contributed by atoms with E-state index >= 15 is 0 Å². The molecule has 0 bridgehead atoms. The molecule has 5 heteroatoms. The number of amides is 1. The Balaban J connectivity index is 2.10. The molecule has 1 amide bonds. The van der Waals surface area contributed by atoms with Crippen LogP contribution in [0.4, 0.5) is 0 Å². The molecule has 4 nitrogen and oxygen atoms in total. The zero-order valence-electron chi connectivity index (χ0n) is 10.3. The molecule has 18 heavy (non-hydrogen) atoms. The summed E-state index contributed by atoms with van der Waals surface area (Å²) in [5.74, 6) is 5.80. The van der Waals surface area contributed by atoms with Crippen LogP contribution in [-0.4, -0.2) is 43.2 Å². The number of rotatable bonds is 1. The van der Waals surface area contributed by atoms with E-state index in [0.29, 0.717) is 26.3 Å². The second-order valence-corrected chi connectivity index (χ2v) is 5.18. The summed E-state index contributed by atoms with van der Waals surface area (Å²) < 4.78 is 5.33. The Kier molecular flexibility index (Phi) is 4.37. The van der Waals surface area contributed by atoms with Gasteiger partial charge in [0, 0.05) is 6.54 Å². The number of nitrogens with zero attached hydrogens (tertiary/aromatic N) is 1. The molecule has 1 aromatic rings. The topological polar surface area (TPSA) is 55.6 Å². The van der Waals surface area contributed by atoms with E-state index in [0.717, 1.165) is 9.75 Å². The van der Waals surface area contributed by atoms with Crippen molar-refractivity contribution in [1.82, 2.24) is 4.90 Å². The lowest BCUT2D eigenvalue weighted by atomic mass is 10.2. The molecule has 0 spiro atoms. The molecule has 1 atom stereocenters. The molecule has 2 heterocycles. The van der Waals surface area contributed by atoms with Crippen LogP contribution in [0.25, 0.3) is 0 Å². The molecule has 0 radical (unpaired) electrons. The van der Waals surface area contributed by atoms with Crippen molar-refractivity contribution in [3.05, 3.63) is 21.9 Å². The summed E-state index contributed by atoms with van der Waals surface area (Å²) in [5, 5.41) is 0. The molecule has 1 fully saturated rings. The minimum atomic E-state index is 0.0663. The quantitative estimate of drug-likeness (QED) is 0.767. The van der Waals surface area contributed by atoms with Crippen LogP contribution >= 0.6 is 11.3 Å². The number of carbonyl (C=O) groups is 1. The molecule has 2 N–H and O–H groups in total. The molecule has 1 unspecified atom stereocenters. The zero-order valence-corrected chi connectivity index (χ0v) is 11.1. The Morgan fingerprint density at radius 2 is 2.50 bits per heavy atom. The van der Waals surface area contributed by atoms with Crippen LogP contribution in [0.3, 0.4) is 0 Å². The van der Waals surface area contributed by atoms with E-state index in [1.165, 1.54) is 11.3 Å². The van der Waals surface area contributed by atoms with Crippen LogP contribution in [0.5, 0.6) is 0 Å². The van der Waals surface area contributed by atoms with Gasteiger partial charge < -0.3 is 15.4 Å². The maximum Gasteiger partial charge on any atom is 0.264 e.